The van der Waals surface area contributed by atoms with Crippen LogP contribution in [0.1, 0.15) is 47.3 Å². The third-order valence-electron chi connectivity index (χ3n) is 4.15. The molecule has 0 unspecified atom stereocenters. The van der Waals surface area contributed by atoms with Crippen molar-refractivity contribution in [1.29, 1.82) is 0 Å². The topological polar surface area (TPSA) is 68.0 Å². The van der Waals surface area contributed by atoms with Crippen molar-refractivity contribution in [3.05, 3.63) is 39.5 Å². The molecule has 1 heterocycles. The summed E-state index contributed by atoms with van der Waals surface area (Å²) in [6.45, 7) is 4.34. The first-order valence-electron chi connectivity index (χ1n) is 7.62. The number of pyridine rings is 1. The maximum atomic E-state index is 12.7. The Morgan fingerprint density at radius 2 is 2.08 bits per heavy atom. The number of benzene rings is 1. The van der Waals surface area contributed by atoms with Crippen LogP contribution in [0, 0.1) is 6.92 Å². The van der Waals surface area contributed by atoms with Crippen molar-refractivity contribution < 1.29 is 4.79 Å². The van der Waals surface area contributed by atoms with E-state index < -0.39 is 0 Å². The Morgan fingerprint density at radius 3 is 2.67 bits per heavy atom. The highest BCUT2D eigenvalue weighted by atomic mass is 79.9. The molecule has 0 radical (unpaired) electrons. The summed E-state index contributed by atoms with van der Waals surface area (Å²) in [5.74, 6) is 0.439. The van der Waals surface area contributed by atoms with E-state index in [0.29, 0.717) is 12.5 Å². The number of halogens is 3. The number of nitrogens with zero attached hydrogens (tertiary/aromatic N) is 1. The van der Waals surface area contributed by atoms with Crippen LogP contribution >= 0.6 is 40.7 Å². The Labute approximate surface area is 162 Å². The summed E-state index contributed by atoms with van der Waals surface area (Å²) in [6, 6.07) is 5.85. The van der Waals surface area contributed by atoms with Crippen molar-refractivity contribution in [3.8, 4) is 0 Å². The molecule has 2 aromatic rings. The zero-order valence-electron chi connectivity index (χ0n) is 13.6. The lowest BCUT2D eigenvalue weighted by atomic mass is 9.98. The first-order valence-corrected chi connectivity index (χ1v) is 8.41. The largest absolute Gasteiger partial charge is 0.348 e. The van der Waals surface area contributed by atoms with E-state index in [9.17, 15) is 4.79 Å². The second-order valence-corrected chi connectivity index (χ2v) is 6.96. The van der Waals surface area contributed by atoms with E-state index in [1.807, 2.05) is 32.0 Å². The van der Waals surface area contributed by atoms with E-state index in [1.54, 1.807) is 0 Å². The summed E-state index contributed by atoms with van der Waals surface area (Å²) in [4.78, 5) is 17.5. The molecule has 1 aliphatic rings. The highest BCUT2D eigenvalue weighted by Gasteiger charge is 2.30. The van der Waals surface area contributed by atoms with Crippen LogP contribution in [-0.4, -0.2) is 23.5 Å². The molecule has 7 heteroatoms. The van der Waals surface area contributed by atoms with Crippen molar-refractivity contribution in [2.45, 2.75) is 38.6 Å². The summed E-state index contributed by atoms with van der Waals surface area (Å²) < 4.78 is 0.946. The predicted octanol–water partition coefficient (Wildman–Crippen LogP) is 4.10. The van der Waals surface area contributed by atoms with E-state index in [-0.39, 0.29) is 36.8 Å². The van der Waals surface area contributed by atoms with Crippen molar-refractivity contribution in [3.63, 3.8) is 0 Å². The van der Waals surface area contributed by atoms with E-state index in [1.165, 1.54) is 0 Å². The SMILES string of the molecule is Cc1c(C2CC2)nc2ccc(Br)cc2c1C(=O)N[C@@H](C)CN.Cl.Cl. The van der Waals surface area contributed by atoms with Gasteiger partial charge in [0.1, 0.15) is 0 Å². The van der Waals surface area contributed by atoms with Crippen LogP contribution in [0.4, 0.5) is 0 Å². The number of hydrogen-bond acceptors (Lipinski definition) is 3. The first kappa shape index (κ1) is 21.2. The molecule has 1 aromatic heterocycles. The molecule has 1 fully saturated rings. The Kier molecular flexibility index (Phi) is 7.47. The average Bonchev–Trinajstić information content (AvgIpc) is 3.30. The zero-order valence-corrected chi connectivity index (χ0v) is 16.9. The molecule has 4 nitrogen and oxygen atoms in total. The molecule has 0 spiro atoms. The van der Waals surface area contributed by atoms with Gasteiger partial charge in [-0.3, -0.25) is 9.78 Å². The van der Waals surface area contributed by atoms with Gasteiger partial charge in [-0.1, -0.05) is 15.9 Å². The van der Waals surface area contributed by atoms with E-state index >= 15 is 0 Å². The standard InChI is InChI=1S/C17H20BrN3O.2ClH/c1-9(8-19)20-17(22)15-10(2)16(11-3-4-11)21-14-6-5-12(18)7-13(14)15;;/h5-7,9,11H,3-4,8,19H2,1-2H3,(H,20,22);2*1H/t9-;;/m0../s1. The fourth-order valence-electron chi connectivity index (χ4n) is 2.75. The minimum Gasteiger partial charge on any atom is -0.348 e. The van der Waals surface area contributed by atoms with Gasteiger partial charge in [0.2, 0.25) is 0 Å². The minimum absolute atomic E-state index is 0. The molecule has 0 saturated heterocycles. The number of carbonyl (C=O) groups is 1. The highest BCUT2D eigenvalue weighted by Crippen LogP contribution is 2.42. The molecule has 1 saturated carbocycles. The number of hydrogen-bond donors (Lipinski definition) is 2. The van der Waals surface area contributed by atoms with Crippen molar-refractivity contribution >= 4 is 57.6 Å². The van der Waals surface area contributed by atoms with Crippen molar-refractivity contribution in [1.82, 2.24) is 10.3 Å². The van der Waals surface area contributed by atoms with Crippen LogP contribution < -0.4 is 11.1 Å². The van der Waals surface area contributed by atoms with Crippen LogP contribution in [-0.2, 0) is 0 Å². The first-order chi connectivity index (χ1) is 10.5. The summed E-state index contributed by atoms with van der Waals surface area (Å²) in [5, 5.41) is 3.86. The molecule has 132 valence electrons. The quantitative estimate of drug-likeness (QED) is 0.760. The van der Waals surface area contributed by atoms with Gasteiger partial charge in [0, 0.05) is 34.1 Å². The predicted molar refractivity (Wildman–Crippen MR) is 107 cm³/mol. The maximum Gasteiger partial charge on any atom is 0.252 e. The van der Waals surface area contributed by atoms with Gasteiger partial charge in [0.15, 0.2) is 0 Å². The molecular weight excluding hydrogens is 413 g/mol. The molecule has 0 bridgehead atoms. The molecule has 0 aliphatic heterocycles. The second kappa shape index (κ2) is 8.48. The number of nitrogens with one attached hydrogen (secondary N) is 1. The van der Waals surface area contributed by atoms with Crippen LogP contribution in [0.2, 0.25) is 0 Å². The van der Waals surface area contributed by atoms with Gasteiger partial charge in [-0.25, -0.2) is 0 Å². The minimum atomic E-state index is -0.0668. The molecule has 24 heavy (non-hydrogen) atoms. The number of nitrogens with two attached hydrogens (primary N) is 1. The monoisotopic (exact) mass is 433 g/mol. The fraction of sp³-hybridized carbons (Fsp3) is 0.412. The number of aromatic nitrogens is 1. The molecule has 3 rings (SSSR count). The summed E-state index contributed by atoms with van der Waals surface area (Å²) >= 11 is 3.49. The van der Waals surface area contributed by atoms with E-state index in [2.05, 4.69) is 21.2 Å². The van der Waals surface area contributed by atoms with E-state index in [0.717, 1.165) is 45.0 Å². The molecule has 3 N–H and O–H groups in total. The van der Waals surface area contributed by atoms with E-state index in [4.69, 9.17) is 10.7 Å². The van der Waals surface area contributed by atoms with Gasteiger partial charge in [-0.05, 0) is 50.5 Å². The van der Waals surface area contributed by atoms with Gasteiger partial charge < -0.3 is 11.1 Å². The summed E-state index contributed by atoms with van der Waals surface area (Å²) in [6.07, 6.45) is 2.33. The lowest BCUT2D eigenvalue weighted by molar-refractivity contribution is 0.0942. The van der Waals surface area contributed by atoms with Gasteiger partial charge in [0.25, 0.3) is 5.91 Å². The average molecular weight is 435 g/mol. The summed E-state index contributed by atoms with van der Waals surface area (Å²) in [5.41, 5.74) is 9.30. The molecule has 1 atom stereocenters. The van der Waals surface area contributed by atoms with Crippen LogP contribution in [0.15, 0.2) is 22.7 Å². The van der Waals surface area contributed by atoms with Gasteiger partial charge in [0.05, 0.1) is 11.1 Å². The lowest BCUT2D eigenvalue weighted by Crippen LogP contribution is -2.38. The number of amides is 1. The van der Waals surface area contributed by atoms with Crippen LogP contribution in [0.5, 0.6) is 0 Å². The molecular formula is C17H22BrCl2N3O. The lowest BCUT2D eigenvalue weighted by Gasteiger charge is -2.17. The number of fused-ring (bicyclic) bond motifs is 1. The Balaban J connectivity index is 0.00000144. The van der Waals surface area contributed by atoms with Crippen molar-refractivity contribution in [2.24, 2.45) is 5.73 Å². The van der Waals surface area contributed by atoms with Gasteiger partial charge >= 0.3 is 0 Å². The molecule has 1 aromatic carbocycles. The Hall–Kier alpha value is -0.880. The third-order valence-corrected chi connectivity index (χ3v) is 4.64. The normalized spacial score (nSPS) is 14.5. The molecule has 1 amide bonds. The fourth-order valence-corrected chi connectivity index (χ4v) is 3.11. The van der Waals surface area contributed by atoms with Gasteiger partial charge in [-0.2, -0.15) is 0 Å². The number of carbonyl (C=O) groups excluding carboxylic acids is 1. The van der Waals surface area contributed by atoms with Crippen LogP contribution in [0.25, 0.3) is 10.9 Å². The third kappa shape index (κ3) is 4.20. The smallest absolute Gasteiger partial charge is 0.252 e. The zero-order chi connectivity index (χ0) is 15.9. The van der Waals surface area contributed by atoms with Crippen molar-refractivity contribution in [2.75, 3.05) is 6.54 Å². The molecule has 1 aliphatic carbocycles. The highest BCUT2D eigenvalue weighted by molar-refractivity contribution is 9.10. The Bertz CT molecular complexity index is 750. The Morgan fingerprint density at radius 1 is 1.42 bits per heavy atom. The second-order valence-electron chi connectivity index (χ2n) is 6.04. The van der Waals surface area contributed by atoms with Crippen LogP contribution in [0.3, 0.4) is 0 Å². The maximum absolute atomic E-state index is 12.7. The number of rotatable bonds is 4. The van der Waals surface area contributed by atoms with Gasteiger partial charge in [-0.15, -0.1) is 24.8 Å². The summed E-state index contributed by atoms with van der Waals surface area (Å²) in [7, 11) is 0.